The predicted octanol–water partition coefficient (Wildman–Crippen LogP) is 6.72. The van der Waals surface area contributed by atoms with Gasteiger partial charge in [-0.05, 0) is 33.7 Å². The van der Waals surface area contributed by atoms with Crippen LogP contribution in [0.5, 0.6) is 0 Å². The van der Waals surface area contributed by atoms with Gasteiger partial charge in [-0.15, -0.1) is 0 Å². The predicted molar refractivity (Wildman–Crippen MR) is 123 cm³/mol. The molecule has 0 unspecified atom stereocenters. The molecule has 3 heteroatoms. The Morgan fingerprint density at radius 3 is 2.03 bits per heavy atom. The number of fused-ring (bicyclic) bond motifs is 6. The van der Waals surface area contributed by atoms with Crippen LogP contribution in [0.15, 0.2) is 89.3 Å². The molecular weight excluding hydrogens is 356 g/mol. The van der Waals surface area contributed by atoms with Crippen LogP contribution in [0.3, 0.4) is 0 Å². The van der Waals surface area contributed by atoms with Crippen molar-refractivity contribution in [3.05, 3.63) is 84.9 Å². The lowest BCUT2D eigenvalue weighted by Crippen LogP contribution is -1.98. The Morgan fingerprint density at radius 1 is 0.552 bits per heavy atom. The van der Waals surface area contributed by atoms with Gasteiger partial charge in [0.1, 0.15) is 5.58 Å². The second-order valence-corrected chi connectivity index (χ2v) is 7.39. The highest BCUT2D eigenvalue weighted by molar-refractivity contribution is 6.28. The number of rotatable bonds is 1. The average Bonchev–Trinajstić information content (AvgIpc) is 3.15. The van der Waals surface area contributed by atoms with Gasteiger partial charge in [0.15, 0.2) is 5.58 Å². The molecule has 0 bridgehead atoms. The molecule has 0 aliphatic heterocycles. The van der Waals surface area contributed by atoms with Crippen molar-refractivity contribution in [1.29, 1.82) is 0 Å². The van der Waals surface area contributed by atoms with E-state index in [1.807, 2.05) is 48.5 Å². The first-order chi connectivity index (χ1) is 14.2. The van der Waals surface area contributed by atoms with Gasteiger partial charge in [0.05, 0.1) is 5.69 Å². The number of para-hydroxylation sites is 1. The SMILES string of the molecule is Nc1ccc2ccccc2c1-c1c(N)c2oc3ccccc3c2c2ccccc12. The van der Waals surface area contributed by atoms with Crippen molar-refractivity contribution in [1.82, 2.24) is 0 Å². The standard InChI is InChI=1S/C26H18N2O/c27-20-14-13-15-7-1-2-8-16(15)23(20)24-18-10-4-3-9-17(18)22-19-11-5-6-12-21(19)29-26(22)25(24)28/h1-14H,27-28H2. The van der Waals surface area contributed by atoms with Gasteiger partial charge in [0.25, 0.3) is 0 Å². The van der Waals surface area contributed by atoms with Gasteiger partial charge in [-0.1, -0.05) is 72.8 Å². The molecule has 1 heterocycles. The molecule has 1 aromatic heterocycles. The van der Waals surface area contributed by atoms with E-state index in [2.05, 4.69) is 36.4 Å². The van der Waals surface area contributed by atoms with E-state index < -0.39 is 0 Å². The third kappa shape index (κ3) is 2.13. The Kier molecular flexibility index (Phi) is 3.18. The first kappa shape index (κ1) is 16.0. The van der Waals surface area contributed by atoms with Crippen molar-refractivity contribution < 1.29 is 4.42 Å². The van der Waals surface area contributed by atoms with E-state index in [9.17, 15) is 0 Å². The Balaban J connectivity index is 1.90. The summed E-state index contributed by atoms with van der Waals surface area (Å²) in [4.78, 5) is 0. The summed E-state index contributed by atoms with van der Waals surface area (Å²) >= 11 is 0. The first-order valence-corrected chi connectivity index (χ1v) is 9.63. The molecule has 6 aromatic rings. The highest BCUT2D eigenvalue weighted by atomic mass is 16.3. The maximum atomic E-state index is 6.79. The Labute approximate surface area is 167 Å². The molecule has 29 heavy (non-hydrogen) atoms. The van der Waals surface area contributed by atoms with Crippen molar-refractivity contribution in [3.8, 4) is 11.1 Å². The topological polar surface area (TPSA) is 65.2 Å². The number of benzene rings is 5. The quantitative estimate of drug-likeness (QED) is 0.314. The van der Waals surface area contributed by atoms with Gasteiger partial charge in [-0.3, -0.25) is 0 Å². The smallest absolute Gasteiger partial charge is 0.159 e. The molecule has 0 fully saturated rings. The monoisotopic (exact) mass is 374 g/mol. The van der Waals surface area contributed by atoms with Crippen LogP contribution in [0.4, 0.5) is 11.4 Å². The van der Waals surface area contributed by atoms with Gasteiger partial charge < -0.3 is 15.9 Å². The summed E-state index contributed by atoms with van der Waals surface area (Å²) in [6, 6.07) is 28.7. The summed E-state index contributed by atoms with van der Waals surface area (Å²) in [6.45, 7) is 0. The lowest BCUT2D eigenvalue weighted by molar-refractivity contribution is 0.671. The zero-order chi connectivity index (χ0) is 19.5. The van der Waals surface area contributed by atoms with Gasteiger partial charge in [0, 0.05) is 27.6 Å². The van der Waals surface area contributed by atoms with E-state index in [1.54, 1.807) is 0 Å². The van der Waals surface area contributed by atoms with Gasteiger partial charge in [0.2, 0.25) is 0 Å². The van der Waals surface area contributed by atoms with Crippen LogP contribution < -0.4 is 11.5 Å². The summed E-state index contributed by atoms with van der Waals surface area (Å²) in [5.41, 5.74) is 18.1. The Hall–Kier alpha value is -3.98. The lowest BCUT2D eigenvalue weighted by Gasteiger charge is -2.16. The molecule has 0 aliphatic carbocycles. The molecule has 0 aliphatic rings. The minimum absolute atomic E-state index is 0.623. The third-order valence-electron chi connectivity index (χ3n) is 5.79. The van der Waals surface area contributed by atoms with E-state index in [0.717, 1.165) is 49.0 Å². The van der Waals surface area contributed by atoms with Crippen LogP contribution in [-0.4, -0.2) is 0 Å². The highest BCUT2D eigenvalue weighted by Crippen LogP contribution is 2.47. The van der Waals surface area contributed by atoms with Gasteiger partial charge >= 0.3 is 0 Å². The van der Waals surface area contributed by atoms with E-state index in [-0.39, 0.29) is 0 Å². The molecule has 3 nitrogen and oxygen atoms in total. The number of anilines is 2. The number of furan rings is 1. The molecule has 0 saturated carbocycles. The largest absolute Gasteiger partial charge is 0.454 e. The van der Waals surface area contributed by atoms with Crippen molar-refractivity contribution in [2.75, 3.05) is 11.5 Å². The van der Waals surface area contributed by atoms with E-state index in [4.69, 9.17) is 15.9 Å². The van der Waals surface area contributed by atoms with E-state index in [1.165, 1.54) is 0 Å². The average molecular weight is 374 g/mol. The van der Waals surface area contributed by atoms with Crippen LogP contribution in [0.25, 0.3) is 54.6 Å². The van der Waals surface area contributed by atoms with Crippen LogP contribution in [-0.2, 0) is 0 Å². The molecule has 0 spiro atoms. The van der Waals surface area contributed by atoms with Crippen LogP contribution >= 0.6 is 0 Å². The summed E-state index contributed by atoms with van der Waals surface area (Å²) in [5, 5.41) is 6.53. The van der Waals surface area contributed by atoms with E-state index in [0.29, 0.717) is 17.0 Å². The molecule has 0 radical (unpaired) electrons. The molecular formula is C26H18N2O. The number of hydrogen-bond acceptors (Lipinski definition) is 3. The zero-order valence-corrected chi connectivity index (χ0v) is 15.6. The summed E-state index contributed by atoms with van der Waals surface area (Å²) in [5.74, 6) is 0. The summed E-state index contributed by atoms with van der Waals surface area (Å²) in [6.07, 6.45) is 0. The number of nitrogen functional groups attached to an aromatic ring is 2. The van der Waals surface area contributed by atoms with Crippen molar-refractivity contribution in [3.63, 3.8) is 0 Å². The van der Waals surface area contributed by atoms with E-state index >= 15 is 0 Å². The minimum Gasteiger partial charge on any atom is -0.454 e. The zero-order valence-electron chi connectivity index (χ0n) is 15.6. The van der Waals surface area contributed by atoms with Crippen molar-refractivity contribution in [2.45, 2.75) is 0 Å². The number of nitrogens with two attached hydrogens (primary N) is 2. The normalized spacial score (nSPS) is 11.7. The van der Waals surface area contributed by atoms with Gasteiger partial charge in [-0.2, -0.15) is 0 Å². The molecule has 138 valence electrons. The molecule has 5 aromatic carbocycles. The molecule has 0 saturated heterocycles. The second-order valence-electron chi connectivity index (χ2n) is 7.39. The highest BCUT2D eigenvalue weighted by Gasteiger charge is 2.21. The van der Waals surface area contributed by atoms with Crippen LogP contribution in [0.2, 0.25) is 0 Å². The summed E-state index contributed by atoms with van der Waals surface area (Å²) < 4.78 is 6.24. The fourth-order valence-corrected chi connectivity index (χ4v) is 4.52. The summed E-state index contributed by atoms with van der Waals surface area (Å²) in [7, 11) is 0. The first-order valence-electron chi connectivity index (χ1n) is 9.63. The maximum Gasteiger partial charge on any atom is 0.159 e. The fraction of sp³-hybridized carbons (Fsp3) is 0. The molecule has 6 rings (SSSR count). The Morgan fingerprint density at radius 2 is 1.21 bits per heavy atom. The Bertz CT molecular complexity index is 1580. The minimum atomic E-state index is 0.623. The molecule has 0 amide bonds. The van der Waals surface area contributed by atoms with Crippen LogP contribution in [0, 0.1) is 0 Å². The lowest BCUT2D eigenvalue weighted by atomic mass is 9.89. The van der Waals surface area contributed by atoms with Crippen molar-refractivity contribution >= 4 is 54.9 Å². The van der Waals surface area contributed by atoms with Crippen LogP contribution in [0.1, 0.15) is 0 Å². The van der Waals surface area contributed by atoms with Gasteiger partial charge in [-0.25, -0.2) is 0 Å². The number of hydrogen-bond donors (Lipinski definition) is 2. The second kappa shape index (κ2) is 5.76. The molecule has 4 N–H and O–H groups in total. The third-order valence-corrected chi connectivity index (χ3v) is 5.79. The fourth-order valence-electron chi connectivity index (χ4n) is 4.52. The molecule has 0 atom stereocenters. The van der Waals surface area contributed by atoms with Crippen molar-refractivity contribution in [2.24, 2.45) is 0 Å². The maximum absolute atomic E-state index is 6.79.